The van der Waals surface area contributed by atoms with E-state index in [-0.39, 0.29) is 0 Å². The molecule has 0 amide bonds. The molecule has 0 aliphatic rings. The predicted molar refractivity (Wildman–Crippen MR) is 76.3 cm³/mol. The van der Waals surface area contributed by atoms with Crippen LogP contribution in [0, 0.1) is 3.57 Å². The van der Waals surface area contributed by atoms with Gasteiger partial charge in [-0.15, -0.1) is 0 Å². The molecule has 0 heterocycles. The van der Waals surface area contributed by atoms with Crippen LogP contribution in [0.25, 0.3) is 0 Å². The van der Waals surface area contributed by atoms with Crippen LogP contribution in [0.3, 0.4) is 0 Å². The molecule has 0 spiro atoms. The summed E-state index contributed by atoms with van der Waals surface area (Å²) in [5.41, 5.74) is 0.889. The Labute approximate surface area is 114 Å². The maximum Gasteiger partial charge on any atom is 0.127 e. The molecule has 2 nitrogen and oxygen atoms in total. The number of hydrogen-bond donors (Lipinski definition) is 1. The van der Waals surface area contributed by atoms with Crippen LogP contribution in [0.2, 0.25) is 0 Å². The van der Waals surface area contributed by atoms with Crippen LogP contribution in [0.5, 0.6) is 11.5 Å². The number of halogens is 1. The Morgan fingerprint density at radius 2 is 1.41 bits per heavy atom. The third-order valence-electron chi connectivity index (χ3n) is 2.41. The Hall–Kier alpha value is -1.07. The zero-order valence-electron chi connectivity index (χ0n) is 9.43. The van der Waals surface area contributed by atoms with Gasteiger partial charge in [0.1, 0.15) is 11.5 Å². The van der Waals surface area contributed by atoms with E-state index in [9.17, 15) is 5.11 Å². The number of benzene rings is 2. The standard InChI is InChI=1S/C14H13IO2/c1-10(16)11-2-6-13(7-3-11)17-14-8-4-12(15)5-9-14/h2-10,16H,1H3. The first-order valence-corrected chi connectivity index (χ1v) is 6.44. The normalized spacial score (nSPS) is 12.2. The summed E-state index contributed by atoms with van der Waals surface area (Å²) in [5, 5.41) is 9.39. The Balaban J connectivity index is 2.11. The summed E-state index contributed by atoms with van der Waals surface area (Å²) in [6.45, 7) is 1.75. The zero-order chi connectivity index (χ0) is 12.3. The fourth-order valence-corrected chi connectivity index (χ4v) is 1.81. The molecule has 2 aromatic rings. The highest BCUT2D eigenvalue weighted by molar-refractivity contribution is 14.1. The molecule has 0 aromatic heterocycles. The average Bonchev–Trinajstić information content (AvgIpc) is 2.33. The molecule has 0 radical (unpaired) electrons. The van der Waals surface area contributed by atoms with Gasteiger partial charge >= 0.3 is 0 Å². The number of ether oxygens (including phenoxy) is 1. The van der Waals surface area contributed by atoms with E-state index in [4.69, 9.17) is 4.74 Å². The van der Waals surface area contributed by atoms with Gasteiger partial charge in [-0.2, -0.15) is 0 Å². The minimum Gasteiger partial charge on any atom is -0.457 e. The van der Waals surface area contributed by atoms with Crippen molar-refractivity contribution in [3.05, 3.63) is 57.7 Å². The van der Waals surface area contributed by atoms with Crippen molar-refractivity contribution in [1.82, 2.24) is 0 Å². The van der Waals surface area contributed by atoms with Gasteiger partial charge in [-0.05, 0) is 71.5 Å². The minimum atomic E-state index is -0.442. The monoisotopic (exact) mass is 340 g/mol. The third kappa shape index (κ3) is 3.44. The summed E-state index contributed by atoms with van der Waals surface area (Å²) in [7, 11) is 0. The van der Waals surface area contributed by atoms with Crippen molar-refractivity contribution >= 4 is 22.6 Å². The molecule has 0 saturated carbocycles. The second kappa shape index (κ2) is 5.51. The molecule has 1 N–H and O–H groups in total. The molecule has 3 heteroatoms. The van der Waals surface area contributed by atoms with E-state index in [0.29, 0.717) is 0 Å². The van der Waals surface area contributed by atoms with Crippen molar-refractivity contribution in [1.29, 1.82) is 0 Å². The van der Waals surface area contributed by atoms with Gasteiger partial charge in [0, 0.05) is 3.57 Å². The van der Waals surface area contributed by atoms with Crippen molar-refractivity contribution in [3.63, 3.8) is 0 Å². The molecule has 2 rings (SSSR count). The lowest BCUT2D eigenvalue weighted by Gasteiger charge is -2.08. The fraction of sp³-hybridized carbons (Fsp3) is 0.143. The lowest BCUT2D eigenvalue weighted by molar-refractivity contribution is 0.199. The summed E-state index contributed by atoms with van der Waals surface area (Å²) in [5.74, 6) is 1.59. The van der Waals surface area contributed by atoms with E-state index in [1.807, 2.05) is 48.5 Å². The first kappa shape index (κ1) is 12.4. The van der Waals surface area contributed by atoms with E-state index >= 15 is 0 Å². The number of rotatable bonds is 3. The summed E-state index contributed by atoms with van der Waals surface area (Å²) >= 11 is 2.26. The van der Waals surface area contributed by atoms with Crippen LogP contribution in [-0.4, -0.2) is 5.11 Å². The largest absolute Gasteiger partial charge is 0.457 e. The van der Waals surface area contributed by atoms with Crippen molar-refractivity contribution in [2.45, 2.75) is 13.0 Å². The first-order chi connectivity index (χ1) is 8.15. The van der Waals surface area contributed by atoms with Gasteiger partial charge in [-0.3, -0.25) is 0 Å². The van der Waals surface area contributed by atoms with Crippen molar-refractivity contribution in [3.8, 4) is 11.5 Å². The van der Waals surface area contributed by atoms with Crippen LogP contribution < -0.4 is 4.74 Å². The highest BCUT2D eigenvalue weighted by Gasteiger charge is 2.01. The van der Waals surface area contributed by atoms with E-state index in [1.54, 1.807) is 6.92 Å². The zero-order valence-corrected chi connectivity index (χ0v) is 11.6. The van der Waals surface area contributed by atoms with Crippen LogP contribution in [-0.2, 0) is 0 Å². The van der Waals surface area contributed by atoms with E-state index in [0.717, 1.165) is 17.1 Å². The molecular formula is C14H13IO2. The fourth-order valence-electron chi connectivity index (χ4n) is 1.45. The number of aliphatic hydroxyl groups excluding tert-OH is 1. The number of aliphatic hydroxyl groups is 1. The lowest BCUT2D eigenvalue weighted by atomic mass is 10.1. The van der Waals surface area contributed by atoms with Crippen molar-refractivity contribution in [2.75, 3.05) is 0 Å². The first-order valence-electron chi connectivity index (χ1n) is 5.36. The Morgan fingerprint density at radius 1 is 0.941 bits per heavy atom. The molecule has 0 saturated heterocycles. The summed E-state index contributed by atoms with van der Waals surface area (Å²) in [4.78, 5) is 0. The van der Waals surface area contributed by atoms with Gasteiger partial charge in [-0.1, -0.05) is 12.1 Å². The molecule has 88 valence electrons. The van der Waals surface area contributed by atoms with Crippen LogP contribution in [0.15, 0.2) is 48.5 Å². The maximum absolute atomic E-state index is 9.39. The van der Waals surface area contributed by atoms with Gasteiger partial charge in [0.25, 0.3) is 0 Å². The van der Waals surface area contributed by atoms with E-state index in [1.165, 1.54) is 3.57 Å². The quantitative estimate of drug-likeness (QED) is 0.851. The van der Waals surface area contributed by atoms with Gasteiger partial charge in [0.15, 0.2) is 0 Å². The molecule has 1 atom stereocenters. The Bertz CT molecular complexity index is 475. The highest BCUT2D eigenvalue weighted by Crippen LogP contribution is 2.23. The summed E-state index contributed by atoms with van der Waals surface area (Å²) < 4.78 is 6.86. The van der Waals surface area contributed by atoms with Gasteiger partial charge in [-0.25, -0.2) is 0 Å². The third-order valence-corrected chi connectivity index (χ3v) is 3.13. The summed E-state index contributed by atoms with van der Waals surface area (Å²) in [6, 6.07) is 15.3. The molecule has 17 heavy (non-hydrogen) atoms. The van der Waals surface area contributed by atoms with E-state index < -0.39 is 6.10 Å². The molecule has 0 aliphatic heterocycles. The molecule has 0 aliphatic carbocycles. The topological polar surface area (TPSA) is 29.5 Å². The van der Waals surface area contributed by atoms with Crippen LogP contribution in [0.1, 0.15) is 18.6 Å². The summed E-state index contributed by atoms with van der Waals surface area (Å²) in [6.07, 6.45) is -0.442. The van der Waals surface area contributed by atoms with Crippen molar-refractivity contribution in [2.24, 2.45) is 0 Å². The SMILES string of the molecule is CC(O)c1ccc(Oc2ccc(I)cc2)cc1. The van der Waals surface area contributed by atoms with Crippen LogP contribution in [0.4, 0.5) is 0 Å². The Morgan fingerprint density at radius 3 is 1.88 bits per heavy atom. The lowest BCUT2D eigenvalue weighted by Crippen LogP contribution is -1.90. The second-order valence-electron chi connectivity index (χ2n) is 3.80. The van der Waals surface area contributed by atoms with Crippen LogP contribution >= 0.6 is 22.6 Å². The molecule has 0 bridgehead atoms. The van der Waals surface area contributed by atoms with Crippen molar-refractivity contribution < 1.29 is 9.84 Å². The van der Waals surface area contributed by atoms with Gasteiger partial charge in [0.2, 0.25) is 0 Å². The van der Waals surface area contributed by atoms with Gasteiger partial charge < -0.3 is 9.84 Å². The second-order valence-corrected chi connectivity index (χ2v) is 5.05. The predicted octanol–water partition coefficient (Wildman–Crippen LogP) is 4.14. The molecular weight excluding hydrogens is 327 g/mol. The average molecular weight is 340 g/mol. The maximum atomic E-state index is 9.39. The molecule has 1 unspecified atom stereocenters. The smallest absolute Gasteiger partial charge is 0.127 e. The highest BCUT2D eigenvalue weighted by atomic mass is 127. The minimum absolute atomic E-state index is 0.442. The Kier molecular flexibility index (Phi) is 4.02. The van der Waals surface area contributed by atoms with E-state index in [2.05, 4.69) is 22.6 Å². The molecule has 0 fully saturated rings. The molecule has 2 aromatic carbocycles. The number of hydrogen-bond acceptors (Lipinski definition) is 2. The van der Waals surface area contributed by atoms with Gasteiger partial charge in [0.05, 0.1) is 6.10 Å².